The molecule has 1 fully saturated rings. The van der Waals surface area contributed by atoms with Gasteiger partial charge >= 0.3 is 12.1 Å². The molecule has 218 valence electrons. The van der Waals surface area contributed by atoms with Gasteiger partial charge in [-0.1, -0.05) is 34.6 Å². The zero-order valence-corrected chi connectivity index (χ0v) is 21.1. The number of aliphatic hydroxyl groups excluding tert-OH is 4. The van der Waals surface area contributed by atoms with E-state index in [2.05, 4.69) is 15.1 Å². The van der Waals surface area contributed by atoms with Gasteiger partial charge < -0.3 is 44.7 Å². The van der Waals surface area contributed by atoms with Crippen molar-refractivity contribution in [3.8, 4) is 5.75 Å². The van der Waals surface area contributed by atoms with Gasteiger partial charge in [-0.25, -0.2) is 4.79 Å². The Labute approximate surface area is 225 Å². The summed E-state index contributed by atoms with van der Waals surface area (Å²) >= 11 is 0. The van der Waals surface area contributed by atoms with E-state index >= 15 is 0 Å². The van der Waals surface area contributed by atoms with Crippen molar-refractivity contribution < 1.29 is 62.6 Å². The molecule has 3 rings (SSSR count). The lowest BCUT2D eigenvalue weighted by Gasteiger charge is -2.39. The standard InChI is InChI=1S/C25H27F3N2O10/c1-12(29-38-11-13-5-3-4-6-17(13)19(23(35)36)30-37-2)14-7-15(25(26,27)28)9-16(8-14)39-24-22(34)21(33)20(32)18(10-31)40-24/h3-9,18,20-22,24,31-34H,10-11H2,1-2H3,(H,35,36)/b29-12+,30-19+/t18-,20-,21+,22-,24-/m1/s1. The normalized spacial score (nSPS) is 24.0. The van der Waals surface area contributed by atoms with Gasteiger partial charge in [0, 0.05) is 16.7 Å². The third-order valence-corrected chi connectivity index (χ3v) is 5.83. The zero-order chi connectivity index (χ0) is 29.6. The molecule has 1 saturated heterocycles. The number of hydrogen-bond donors (Lipinski definition) is 5. The molecule has 0 radical (unpaired) electrons. The van der Waals surface area contributed by atoms with E-state index in [0.29, 0.717) is 11.6 Å². The summed E-state index contributed by atoms with van der Waals surface area (Å²) in [5.74, 6) is -1.78. The van der Waals surface area contributed by atoms with Crippen LogP contribution in [0.5, 0.6) is 5.75 Å². The fourth-order valence-corrected chi connectivity index (χ4v) is 3.76. The Kier molecular flexibility index (Phi) is 10.1. The summed E-state index contributed by atoms with van der Waals surface area (Å²) in [6, 6.07) is 8.77. The molecule has 40 heavy (non-hydrogen) atoms. The number of benzene rings is 2. The number of rotatable bonds is 10. The maximum atomic E-state index is 13.6. The molecule has 2 aromatic carbocycles. The third kappa shape index (κ3) is 7.25. The zero-order valence-electron chi connectivity index (χ0n) is 21.1. The predicted octanol–water partition coefficient (Wildman–Crippen LogP) is 1.26. The molecule has 0 amide bonds. The highest BCUT2D eigenvalue weighted by Crippen LogP contribution is 2.34. The second-order valence-electron chi connectivity index (χ2n) is 8.59. The Balaban J connectivity index is 1.86. The number of oxime groups is 2. The SMILES string of the molecule is CO/N=C(/C(=O)O)c1ccccc1CO/N=C(\C)c1cc(O[C@@H]2O[C@H](CO)[C@@H](O)[C@H](O)[C@H]2O)cc(C(F)(F)F)c1. The summed E-state index contributed by atoms with van der Waals surface area (Å²) in [6.07, 6.45) is -13.2. The Hall–Kier alpha value is -3.76. The molecule has 0 saturated carbocycles. The maximum absolute atomic E-state index is 13.6. The molecule has 5 atom stereocenters. The van der Waals surface area contributed by atoms with Crippen LogP contribution in [-0.2, 0) is 32.0 Å². The second-order valence-corrected chi connectivity index (χ2v) is 8.59. The van der Waals surface area contributed by atoms with E-state index in [9.17, 15) is 43.5 Å². The molecule has 0 aliphatic carbocycles. The van der Waals surface area contributed by atoms with Crippen molar-refractivity contribution in [2.45, 2.75) is 50.4 Å². The summed E-state index contributed by atoms with van der Waals surface area (Å²) in [5.41, 5.74) is -1.10. The average molecular weight is 572 g/mol. The van der Waals surface area contributed by atoms with Crippen LogP contribution in [0.1, 0.15) is 29.2 Å². The first-order chi connectivity index (χ1) is 18.9. The largest absolute Gasteiger partial charge is 0.476 e. The number of aliphatic carboxylic acids is 1. The van der Waals surface area contributed by atoms with Crippen molar-refractivity contribution >= 4 is 17.4 Å². The highest BCUT2D eigenvalue weighted by molar-refractivity contribution is 6.42. The number of nitrogens with zero attached hydrogens (tertiary/aromatic N) is 2. The van der Waals surface area contributed by atoms with E-state index in [1.807, 2.05) is 0 Å². The van der Waals surface area contributed by atoms with Gasteiger partial charge in [0.2, 0.25) is 6.29 Å². The van der Waals surface area contributed by atoms with Crippen molar-refractivity contribution in [2.75, 3.05) is 13.7 Å². The lowest BCUT2D eigenvalue weighted by molar-refractivity contribution is -0.277. The van der Waals surface area contributed by atoms with Crippen LogP contribution in [-0.4, -0.2) is 87.3 Å². The van der Waals surface area contributed by atoms with Gasteiger partial charge in [-0.3, -0.25) is 0 Å². The Morgan fingerprint density at radius 3 is 2.38 bits per heavy atom. The van der Waals surface area contributed by atoms with Crippen molar-refractivity contribution in [2.24, 2.45) is 10.3 Å². The highest BCUT2D eigenvalue weighted by atomic mass is 19.4. The second kappa shape index (κ2) is 13.1. The van der Waals surface area contributed by atoms with Crippen LogP contribution in [0.4, 0.5) is 13.2 Å². The van der Waals surface area contributed by atoms with E-state index in [1.54, 1.807) is 18.2 Å². The molecule has 15 heteroatoms. The highest BCUT2D eigenvalue weighted by Gasteiger charge is 2.45. The van der Waals surface area contributed by atoms with Crippen LogP contribution in [0.3, 0.4) is 0 Å². The fourth-order valence-electron chi connectivity index (χ4n) is 3.76. The molecule has 1 aliphatic rings. The van der Waals surface area contributed by atoms with E-state index in [1.165, 1.54) is 20.1 Å². The molecule has 12 nitrogen and oxygen atoms in total. The molecule has 0 spiro atoms. The number of carbonyl (C=O) groups is 1. The van der Waals surface area contributed by atoms with Gasteiger partial charge in [0.1, 0.15) is 43.9 Å². The van der Waals surface area contributed by atoms with E-state index in [-0.39, 0.29) is 23.4 Å². The minimum atomic E-state index is -4.81. The molecule has 2 aromatic rings. The van der Waals surface area contributed by atoms with Gasteiger partial charge in [-0.15, -0.1) is 0 Å². The van der Waals surface area contributed by atoms with Crippen LogP contribution >= 0.6 is 0 Å². The van der Waals surface area contributed by atoms with Gasteiger partial charge in [0.05, 0.1) is 17.9 Å². The first-order valence-corrected chi connectivity index (χ1v) is 11.7. The molecule has 1 aliphatic heterocycles. The van der Waals surface area contributed by atoms with Crippen molar-refractivity contribution in [3.63, 3.8) is 0 Å². The average Bonchev–Trinajstić information content (AvgIpc) is 2.91. The van der Waals surface area contributed by atoms with Crippen LogP contribution in [0.25, 0.3) is 0 Å². The van der Waals surface area contributed by atoms with Gasteiger partial charge in [-0.2, -0.15) is 13.2 Å². The Bertz CT molecular complexity index is 1250. The van der Waals surface area contributed by atoms with Gasteiger partial charge in [0.15, 0.2) is 5.71 Å². The summed E-state index contributed by atoms with van der Waals surface area (Å²) in [7, 11) is 1.18. The first-order valence-electron chi connectivity index (χ1n) is 11.7. The topological polar surface area (TPSA) is 180 Å². The van der Waals surface area contributed by atoms with Crippen molar-refractivity contribution in [1.82, 2.24) is 0 Å². The fraction of sp³-hybridized carbons (Fsp3) is 0.400. The number of carboxylic acids is 1. The van der Waals surface area contributed by atoms with Gasteiger partial charge in [-0.05, 0) is 25.1 Å². The number of aliphatic hydroxyl groups is 4. The van der Waals surface area contributed by atoms with E-state index < -0.39 is 66.5 Å². The Morgan fingerprint density at radius 1 is 1.05 bits per heavy atom. The summed E-state index contributed by atoms with van der Waals surface area (Å²) in [5, 5.41) is 56.1. The number of halogens is 3. The van der Waals surface area contributed by atoms with Crippen molar-refractivity contribution in [3.05, 3.63) is 64.7 Å². The lowest BCUT2D eigenvalue weighted by atomic mass is 9.99. The number of carboxylic acid groups (broad SMARTS) is 1. The quantitative estimate of drug-likeness (QED) is 0.206. The Morgan fingerprint density at radius 2 is 1.75 bits per heavy atom. The molecule has 0 unspecified atom stereocenters. The molecular weight excluding hydrogens is 545 g/mol. The maximum Gasteiger partial charge on any atom is 0.416 e. The first kappa shape index (κ1) is 30.8. The number of ether oxygens (including phenoxy) is 2. The molecule has 0 bridgehead atoms. The number of hydrogen-bond acceptors (Lipinski definition) is 11. The monoisotopic (exact) mass is 572 g/mol. The number of alkyl halides is 3. The van der Waals surface area contributed by atoms with Crippen molar-refractivity contribution in [1.29, 1.82) is 0 Å². The lowest BCUT2D eigenvalue weighted by Crippen LogP contribution is -2.60. The van der Waals surface area contributed by atoms with Crippen LogP contribution < -0.4 is 4.74 Å². The molecule has 0 aromatic heterocycles. The molecular formula is C25H27F3N2O10. The van der Waals surface area contributed by atoms with E-state index in [4.69, 9.17) is 14.3 Å². The molecule has 1 heterocycles. The van der Waals surface area contributed by atoms with E-state index in [0.717, 1.165) is 12.1 Å². The van der Waals surface area contributed by atoms with Crippen LogP contribution in [0.15, 0.2) is 52.8 Å². The van der Waals surface area contributed by atoms with Crippen LogP contribution in [0.2, 0.25) is 0 Å². The smallest absolute Gasteiger partial charge is 0.416 e. The van der Waals surface area contributed by atoms with Crippen LogP contribution in [0, 0.1) is 0 Å². The summed E-state index contributed by atoms with van der Waals surface area (Å²) in [6.45, 7) is 0.334. The minimum Gasteiger partial charge on any atom is -0.476 e. The summed E-state index contributed by atoms with van der Waals surface area (Å²) < 4.78 is 51.5. The summed E-state index contributed by atoms with van der Waals surface area (Å²) in [4.78, 5) is 21.4. The molecule has 5 N–H and O–H groups in total. The predicted molar refractivity (Wildman–Crippen MR) is 130 cm³/mol. The third-order valence-electron chi connectivity index (χ3n) is 5.83. The minimum absolute atomic E-state index is 0.0220. The van der Waals surface area contributed by atoms with Gasteiger partial charge in [0.25, 0.3) is 0 Å².